The Bertz CT molecular complexity index is 891. The fourth-order valence-electron chi connectivity index (χ4n) is 3.27. The SMILES string of the molecule is C=CC(=O)N1CCC(F)(F)[C@H](NC(=O)c2c(C(C)C)nn3ccccc23)C1. The van der Waals surface area contributed by atoms with Crippen LogP contribution >= 0.6 is 0 Å². The predicted molar refractivity (Wildman–Crippen MR) is 96.9 cm³/mol. The first kappa shape index (κ1) is 19.0. The van der Waals surface area contributed by atoms with Crippen LogP contribution in [0.4, 0.5) is 8.78 Å². The van der Waals surface area contributed by atoms with E-state index in [2.05, 4.69) is 17.0 Å². The summed E-state index contributed by atoms with van der Waals surface area (Å²) in [6.45, 7) is 6.83. The van der Waals surface area contributed by atoms with Crippen molar-refractivity contribution < 1.29 is 18.4 Å². The van der Waals surface area contributed by atoms with Crippen molar-refractivity contribution in [1.82, 2.24) is 19.8 Å². The zero-order chi connectivity index (χ0) is 19.8. The van der Waals surface area contributed by atoms with Gasteiger partial charge in [-0.25, -0.2) is 13.3 Å². The number of fused-ring (bicyclic) bond motifs is 1. The number of hydrogen-bond acceptors (Lipinski definition) is 3. The van der Waals surface area contributed by atoms with Gasteiger partial charge in [0.25, 0.3) is 11.8 Å². The standard InChI is InChI=1S/C19H22F2N4O2/c1-4-15(26)24-10-8-19(20,21)14(11-24)22-18(27)16-13-7-5-6-9-25(13)23-17(16)12(2)3/h4-7,9,12,14H,1,8,10-11H2,2-3H3,(H,22,27)/t14-/m1/s1. The number of carbonyl (C=O) groups is 2. The summed E-state index contributed by atoms with van der Waals surface area (Å²) in [7, 11) is 0. The number of carbonyl (C=O) groups excluding carboxylic acids is 2. The number of likely N-dealkylation sites (tertiary alicyclic amines) is 1. The first-order valence-corrected chi connectivity index (χ1v) is 8.82. The molecule has 2 aromatic heterocycles. The van der Waals surface area contributed by atoms with Crippen LogP contribution in [0.15, 0.2) is 37.1 Å². The van der Waals surface area contributed by atoms with Gasteiger partial charge in [0, 0.05) is 25.7 Å². The number of rotatable bonds is 4. The molecule has 3 rings (SSSR count). The maximum atomic E-state index is 14.4. The monoisotopic (exact) mass is 376 g/mol. The Labute approximate surface area is 155 Å². The van der Waals surface area contributed by atoms with Gasteiger partial charge in [-0.05, 0) is 24.1 Å². The molecule has 8 heteroatoms. The van der Waals surface area contributed by atoms with E-state index < -0.39 is 30.2 Å². The highest BCUT2D eigenvalue weighted by Crippen LogP contribution is 2.30. The van der Waals surface area contributed by atoms with Gasteiger partial charge in [0.05, 0.1) is 16.8 Å². The number of pyridine rings is 1. The van der Waals surface area contributed by atoms with Crippen molar-refractivity contribution in [2.45, 2.75) is 38.2 Å². The Kier molecular flexibility index (Phi) is 4.99. The molecular weight excluding hydrogens is 354 g/mol. The molecule has 6 nitrogen and oxygen atoms in total. The van der Waals surface area contributed by atoms with Crippen molar-refractivity contribution in [3.05, 3.63) is 48.3 Å². The molecule has 0 radical (unpaired) electrons. The maximum absolute atomic E-state index is 14.4. The van der Waals surface area contributed by atoms with Crippen molar-refractivity contribution >= 4 is 17.3 Å². The molecule has 0 spiro atoms. The molecule has 1 N–H and O–H groups in total. The Morgan fingerprint density at radius 1 is 1.41 bits per heavy atom. The predicted octanol–water partition coefficient (Wildman–Crippen LogP) is 2.61. The van der Waals surface area contributed by atoms with Crippen LogP contribution in [0.5, 0.6) is 0 Å². The minimum Gasteiger partial charge on any atom is -0.341 e. The van der Waals surface area contributed by atoms with E-state index in [1.807, 2.05) is 13.8 Å². The topological polar surface area (TPSA) is 66.7 Å². The number of alkyl halides is 2. The van der Waals surface area contributed by atoms with Crippen LogP contribution in [-0.4, -0.2) is 51.4 Å². The highest BCUT2D eigenvalue weighted by molar-refractivity contribution is 6.02. The van der Waals surface area contributed by atoms with Crippen LogP contribution in [-0.2, 0) is 4.79 Å². The molecule has 1 aliphatic heterocycles. The number of nitrogens with one attached hydrogen (secondary N) is 1. The van der Waals surface area contributed by atoms with Crippen LogP contribution in [0.25, 0.3) is 5.52 Å². The smallest absolute Gasteiger partial charge is 0.271 e. The second-order valence-corrected chi connectivity index (χ2v) is 6.97. The van der Waals surface area contributed by atoms with Gasteiger partial charge >= 0.3 is 0 Å². The highest BCUT2D eigenvalue weighted by atomic mass is 19.3. The number of nitrogens with zero attached hydrogens (tertiary/aromatic N) is 3. The Morgan fingerprint density at radius 2 is 2.15 bits per heavy atom. The minimum absolute atomic E-state index is 0.0589. The van der Waals surface area contributed by atoms with Crippen LogP contribution in [0, 0.1) is 0 Å². The molecule has 27 heavy (non-hydrogen) atoms. The van der Waals surface area contributed by atoms with E-state index in [4.69, 9.17) is 0 Å². The molecule has 2 aromatic rings. The Hall–Kier alpha value is -2.77. The third-order valence-electron chi connectivity index (χ3n) is 4.76. The van der Waals surface area contributed by atoms with Gasteiger partial charge in [0.1, 0.15) is 6.04 Å². The number of piperidine rings is 1. The Morgan fingerprint density at radius 3 is 2.81 bits per heavy atom. The molecule has 0 bridgehead atoms. The second-order valence-electron chi connectivity index (χ2n) is 6.97. The average Bonchev–Trinajstić information content (AvgIpc) is 3.02. The van der Waals surface area contributed by atoms with Gasteiger partial charge in [-0.3, -0.25) is 9.59 Å². The maximum Gasteiger partial charge on any atom is 0.271 e. The molecule has 0 unspecified atom stereocenters. The van der Waals surface area contributed by atoms with E-state index in [1.165, 1.54) is 4.90 Å². The van der Waals surface area contributed by atoms with Crippen LogP contribution < -0.4 is 5.32 Å². The third-order valence-corrected chi connectivity index (χ3v) is 4.76. The minimum atomic E-state index is -3.10. The van der Waals surface area contributed by atoms with Gasteiger partial charge in [-0.1, -0.05) is 26.5 Å². The lowest BCUT2D eigenvalue weighted by Gasteiger charge is -2.38. The van der Waals surface area contributed by atoms with Crippen molar-refractivity contribution in [3.63, 3.8) is 0 Å². The van der Waals surface area contributed by atoms with Gasteiger partial charge in [-0.15, -0.1) is 0 Å². The fraction of sp³-hybridized carbons (Fsp3) is 0.421. The van der Waals surface area contributed by atoms with Gasteiger partial charge < -0.3 is 10.2 Å². The van der Waals surface area contributed by atoms with Crippen LogP contribution in [0.3, 0.4) is 0 Å². The summed E-state index contributed by atoms with van der Waals surface area (Å²) < 4.78 is 30.3. The summed E-state index contributed by atoms with van der Waals surface area (Å²) >= 11 is 0. The largest absolute Gasteiger partial charge is 0.341 e. The van der Waals surface area contributed by atoms with Crippen molar-refractivity contribution in [3.8, 4) is 0 Å². The van der Waals surface area contributed by atoms with Crippen LogP contribution in [0.2, 0.25) is 0 Å². The third kappa shape index (κ3) is 3.56. The lowest BCUT2D eigenvalue weighted by atomic mass is 9.99. The Balaban J connectivity index is 1.92. The summed E-state index contributed by atoms with van der Waals surface area (Å²) in [5.74, 6) is -4.20. The molecule has 2 amide bonds. The molecule has 1 saturated heterocycles. The molecule has 1 fully saturated rings. The summed E-state index contributed by atoms with van der Waals surface area (Å²) in [6, 6.07) is 3.79. The molecule has 3 heterocycles. The summed E-state index contributed by atoms with van der Waals surface area (Å²) in [4.78, 5) is 26.0. The van der Waals surface area contributed by atoms with E-state index >= 15 is 0 Å². The average molecular weight is 376 g/mol. The molecule has 0 aromatic carbocycles. The van der Waals surface area contributed by atoms with Crippen molar-refractivity contribution in [2.75, 3.05) is 13.1 Å². The molecule has 1 atom stereocenters. The first-order valence-electron chi connectivity index (χ1n) is 8.82. The second kappa shape index (κ2) is 7.09. The van der Waals surface area contributed by atoms with E-state index in [1.54, 1.807) is 28.9 Å². The number of amides is 2. The van der Waals surface area contributed by atoms with Gasteiger partial charge in [-0.2, -0.15) is 5.10 Å². The van der Waals surface area contributed by atoms with Gasteiger partial charge in [0.2, 0.25) is 5.91 Å². The lowest BCUT2D eigenvalue weighted by molar-refractivity contribution is -0.135. The first-order chi connectivity index (χ1) is 12.7. The number of aromatic nitrogens is 2. The molecule has 0 saturated carbocycles. The number of halogens is 2. The molecule has 0 aliphatic carbocycles. The summed E-state index contributed by atoms with van der Waals surface area (Å²) in [5.41, 5.74) is 1.38. The summed E-state index contributed by atoms with van der Waals surface area (Å²) in [6.07, 6.45) is 2.28. The van der Waals surface area contributed by atoms with E-state index in [0.717, 1.165) is 6.08 Å². The normalized spacial score (nSPS) is 19.3. The van der Waals surface area contributed by atoms with Crippen molar-refractivity contribution in [2.24, 2.45) is 0 Å². The zero-order valence-electron chi connectivity index (χ0n) is 15.3. The summed E-state index contributed by atoms with van der Waals surface area (Å²) in [5, 5.41) is 6.85. The van der Waals surface area contributed by atoms with E-state index in [-0.39, 0.29) is 24.6 Å². The quantitative estimate of drug-likeness (QED) is 0.834. The molecule has 144 valence electrons. The lowest BCUT2D eigenvalue weighted by Crippen LogP contribution is -2.59. The highest BCUT2D eigenvalue weighted by Gasteiger charge is 2.46. The van der Waals surface area contributed by atoms with E-state index in [9.17, 15) is 18.4 Å². The fourth-order valence-corrected chi connectivity index (χ4v) is 3.27. The van der Waals surface area contributed by atoms with Gasteiger partial charge in [0.15, 0.2) is 0 Å². The van der Waals surface area contributed by atoms with E-state index in [0.29, 0.717) is 11.2 Å². The number of hydrogen-bond donors (Lipinski definition) is 1. The van der Waals surface area contributed by atoms with Crippen molar-refractivity contribution in [1.29, 1.82) is 0 Å². The molecular formula is C19H22F2N4O2. The molecule has 1 aliphatic rings. The zero-order valence-corrected chi connectivity index (χ0v) is 15.3. The van der Waals surface area contributed by atoms with Crippen LogP contribution in [0.1, 0.15) is 42.2 Å².